The fourth-order valence-electron chi connectivity index (χ4n) is 6.08. The Morgan fingerprint density at radius 3 is 1.84 bits per heavy atom. The molecule has 0 amide bonds. The summed E-state index contributed by atoms with van der Waals surface area (Å²) in [5, 5.41) is 0. The smallest absolute Gasteiger partial charge is 0.119 e. The third kappa shape index (κ3) is 5.74. The minimum absolute atomic E-state index is 0.804. The zero-order chi connectivity index (χ0) is 31.1. The predicted molar refractivity (Wildman–Crippen MR) is 190 cm³/mol. The van der Waals surface area contributed by atoms with Gasteiger partial charge in [0.1, 0.15) is 11.5 Å². The molecule has 7 heteroatoms. The quantitative estimate of drug-likeness (QED) is 0.184. The zero-order valence-electron chi connectivity index (χ0n) is 26.2. The molecule has 0 aliphatic carbocycles. The predicted octanol–water partition coefficient (Wildman–Crippen LogP) is 9.43. The lowest BCUT2D eigenvalue weighted by molar-refractivity contribution is 0.415. The summed E-state index contributed by atoms with van der Waals surface area (Å²) < 4.78 is 11.2. The zero-order valence-corrected chi connectivity index (χ0v) is 27.2. The molecule has 5 aromatic rings. The van der Waals surface area contributed by atoms with Crippen LogP contribution in [0.3, 0.4) is 0 Å². The first-order valence-corrected chi connectivity index (χ1v) is 18.9. The number of methoxy groups -OCH3 is 2. The molecule has 0 spiro atoms. The van der Waals surface area contributed by atoms with Gasteiger partial charge in [-0.3, -0.25) is 0 Å². The minimum Gasteiger partial charge on any atom is -0.497 e. The highest BCUT2D eigenvalue weighted by Crippen LogP contribution is 2.35. The van der Waals surface area contributed by atoms with E-state index in [1.807, 2.05) is 24.3 Å². The normalized spacial score (nSPS) is 12.5. The standard InChI is InChI=1S/C38H36N4O2Si/c1-43-28-10-6-8-24(20-28)37-33-14-12-26(39-33)22-27-13-15-34(40-27)38(25-9-7-11-29(21-25)44-2)36-19-17-32(42-36)30(23-45(3,4)5)31-16-18-35(37)41-31/h6-22,39,42H,23H2,1-5H3. The fraction of sp³-hybridized carbons (Fsp3) is 0.158. The summed E-state index contributed by atoms with van der Waals surface area (Å²) in [5.74, 6) is 1.61. The van der Waals surface area contributed by atoms with E-state index in [4.69, 9.17) is 19.4 Å². The SMILES string of the molecule is COc1cccc(-c2c3nc(c(C[Si](C)(C)C)c4ccc([nH]4)c(-c4cccc(OC)c4)c4nc(cc5ccc2[nH]5)C=C4)C=C3)c1. The second kappa shape index (κ2) is 11.4. The second-order valence-electron chi connectivity index (χ2n) is 12.7. The number of fused-ring (bicyclic) bond motifs is 8. The average molecular weight is 609 g/mol. The van der Waals surface area contributed by atoms with Crippen LogP contribution in [0.2, 0.25) is 19.6 Å². The van der Waals surface area contributed by atoms with Crippen molar-refractivity contribution in [2.75, 3.05) is 14.2 Å². The maximum Gasteiger partial charge on any atom is 0.119 e. The van der Waals surface area contributed by atoms with Gasteiger partial charge in [-0.15, -0.1) is 0 Å². The number of hydrogen-bond acceptors (Lipinski definition) is 4. The number of ether oxygens (including phenoxy) is 2. The third-order valence-electron chi connectivity index (χ3n) is 8.11. The summed E-state index contributed by atoms with van der Waals surface area (Å²) in [6, 6.07) is 28.0. The minimum atomic E-state index is -1.55. The first-order chi connectivity index (χ1) is 21.8. The van der Waals surface area contributed by atoms with Crippen molar-refractivity contribution < 1.29 is 9.47 Å². The Bertz CT molecular complexity index is 2120. The van der Waals surface area contributed by atoms with Crippen LogP contribution < -0.4 is 9.47 Å². The molecule has 0 saturated heterocycles. The Morgan fingerprint density at radius 1 is 0.600 bits per heavy atom. The second-order valence-corrected chi connectivity index (χ2v) is 18.1. The number of aromatic nitrogens is 4. The van der Waals surface area contributed by atoms with E-state index >= 15 is 0 Å². The molecule has 7 rings (SSSR count). The van der Waals surface area contributed by atoms with Crippen molar-refractivity contribution in [2.24, 2.45) is 0 Å². The third-order valence-corrected chi connectivity index (χ3v) is 9.52. The van der Waals surface area contributed by atoms with Crippen LogP contribution in [0.5, 0.6) is 11.5 Å². The maximum atomic E-state index is 5.60. The molecule has 0 atom stereocenters. The number of nitrogens with zero attached hydrogens (tertiary/aromatic N) is 2. The van der Waals surface area contributed by atoms with Crippen LogP contribution in [-0.2, 0) is 6.04 Å². The number of H-pyrrole nitrogens is 2. The van der Waals surface area contributed by atoms with Crippen molar-refractivity contribution in [1.29, 1.82) is 0 Å². The van der Waals surface area contributed by atoms with Gasteiger partial charge in [0, 0.05) is 41.3 Å². The van der Waals surface area contributed by atoms with Gasteiger partial charge < -0.3 is 19.4 Å². The molecule has 224 valence electrons. The lowest BCUT2D eigenvalue weighted by atomic mass is 10.0. The molecule has 0 saturated carbocycles. The lowest BCUT2D eigenvalue weighted by Gasteiger charge is -2.16. The highest BCUT2D eigenvalue weighted by atomic mass is 28.3. The number of hydrogen-bond donors (Lipinski definition) is 2. The summed E-state index contributed by atoms with van der Waals surface area (Å²) in [6.07, 6.45) is 8.46. The number of benzene rings is 2. The Balaban J connectivity index is 1.61. The molecule has 2 N–H and O–H groups in total. The Hall–Kier alpha value is -5.14. The van der Waals surface area contributed by atoms with Crippen molar-refractivity contribution in [3.63, 3.8) is 0 Å². The summed E-state index contributed by atoms with van der Waals surface area (Å²) in [4.78, 5) is 17.9. The van der Waals surface area contributed by atoms with E-state index < -0.39 is 8.07 Å². The molecule has 6 nitrogen and oxygen atoms in total. The van der Waals surface area contributed by atoms with Crippen molar-refractivity contribution >= 4 is 54.4 Å². The molecule has 2 aliphatic heterocycles. The van der Waals surface area contributed by atoms with Gasteiger partial charge in [0.05, 0.1) is 37.0 Å². The summed E-state index contributed by atoms with van der Waals surface area (Å²) in [7, 11) is 1.85. The molecule has 8 bridgehead atoms. The van der Waals surface area contributed by atoms with Crippen LogP contribution in [0, 0.1) is 0 Å². The van der Waals surface area contributed by atoms with E-state index in [0.29, 0.717) is 0 Å². The van der Waals surface area contributed by atoms with Crippen LogP contribution >= 0.6 is 0 Å². The molecule has 2 aliphatic rings. The average Bonchev–Trinajstić information content (AvgIpc) is 3.85. The molecule has 0 fully saturated rings. The van der Waals surface area contributed by atoms with Crippen LogP contribution in [0.1, 0.15) is 28.3 Å². The number of nitrogens with one attached hydrogen (secondary N) is 2. The fourth-order valence-corrected chi connectivity index (χ4v) is 7.51. The largest absolute Gasteiger partial charge is 0.497 e. The van der Waals surface area contributed by atoms with Crippen molar-refractivity contribution in [3.05, 3.63) is 107 Å². The van der Waals surface area contributed by atoms with Crippen LogP contribution in [0.4, 0.5) is 0 Å². The van der Waals surface area contributed by atoms with E-state index in [0.717, 1.165) is 84.6 Å². The Kier molecular flexibility index (Phi) is 7.26. The van der Waals surface area contributed by atoms with Crippen LogP contribution in [0.25, 0.3) is 68.6 Å². The monoisotopic (exact) mass is 608 g/mol. The molecule has 0 unspecified atom stereocenters. The van der Waals surface area contributed by atoms with Gasteiger partial charge in [0.15, 0.2) is 0 Å². The van der Waals surface area contributed by atoms with E-state index in [1.165, 1.54) is 5.56 Å². The van der Waals surface area contributed by atoms with Gasteiger partial charge in [-0.25, -0.2) is 9.97 Å². The molecule has 5 heterocycles. The summed E-state index contributed by atoms with van der Waals surface area (Å²) in [5.41, 5.74) is 13.0. The molecular weight excluding hydrogens is 573 g/mol. The van der Waals surface area contributed by atoms with E-state index in [2.05, 4.69) is 109 Å². The maximum absolute atomic E-state index is 5.60. The van der Waals surface area contributed by atoms with E-state index in [9.17, 15) is 0 Å². The Morgan fingerprint density at radius 2 is 1.18 bits per heavy atom. The number of rotatable bonds is 6. The molecule has 45 heavy (non-hydrogen) atoms. The van der Waals surface area contributed by atoms with Crippen LogP contribution in [-0.4, -0.2) is 42.2 Å². The van der Waals surface area contributed by atoms with E-state index in [1.54, 1.807) is 14.2 Å². The van der Waals surface area contributed by atoms with Gasteiger partial charge in [0.2, 0.25) is 0 Å². The first kappa shape index (κ1) is 28.6. The van der Waals surface area contributed by atoms with Gasteiger partial charge >= 0.3 is 0 Å². The van der Waals surface area contributed by atoms with Crippen molar-refractivity contribution in [1.82, 2.24) is 19.9 Å². The summed E-state index contributed by atoms with van der Waals surface area (Å²) in [6.45, 7) is 7.21. The Labute approximate surface area is 264 Å². The highest BCUT2D eigenvalue weighted by Gasteiger charge is 2.21. The molecule has 2 aromatic carbocycles. The lowest BCUT2D eigenvalue weighted by Crippen LogP contribution is -2.24. The highest BCUT2D eigenvalue weighted by molar-refractivity contribution is 6.75. The van der Waals surface area contributed by atoms with Gasteiger partial charge in [-0.05, 0) is 102 Å². The van der Waals surface area contributed by atoms with Crippen molar-refractivity contribution in [3.8, 4) is 33.8 Å². The van der Waals surface area contributed by atoms with Crippen molar-refractivity contribution in [2.45, 2.75) is 25.7 Å². The van der Waals surface area contributed by atoms with Gasteiger partial charge in [-0.2, -0.15) is 0 Å². The first-order valence-electron chi connectivity index (χ1n) is 15.2. The molecular formula is C38H36N4O2Si. The van der Waals surface area contributed by atoms with Gasteiger partial charge in [0.25, 0.3) is 0 Å². The van der Waals surface area contributed by atoms with Crippen LogP contribution in [0.15, 0.2) is 78.9 Å². The van der Waals surface area contributed by atoms with Gasteiger partial charge in [-0.1, -0.05) is 43.9 Å². The molecule has 3 aromatic heterocycles. The molecule has 0 radical (unpaired) electrons. The summed E-state index contributed by atoms with van der Waals surface area (Å²) >= 11 is 0. The topological polar surface area (TPSA) is 75.8 Å². The number of aromatic amines is 2. The van der Waals surface area contributed by atoms with E-state index in [-0.39, 0.29) is 0 Å².